The number of hydrogen-bond acceptors (Lipinski definition) is 2. The van der Waals surface area contributed by atoms with Gasteiger partial charge in [-0.25, -0.2) is 0 Å². The summed E-state index contributed by atoms with van der Waals surface area (Å²) >= 11 is 0.452. The van der Waals surface area contributed by atoms with E-state index in [0.29, 0.717) is 11.7 Å². The molecule has 1 atom stereocenters. The molecule has 130 valence electrons. The Labute approximate surface area is 140 Å². The van der Waals surface area contributed by atoms with Crippen LogP contribution in [0.25, 0.3) is 0 Å². The van der Waals surface area contributed by atoms with Crippen molar-refractivity contribution in [3.8, 4) is 0 Å². The van der Waals surface area contributed by atoms with Crippen LogP contribution in [0, 0.1) is 0 Å². The van der Waals surface area contributed by atoms with E-state index in [0.717, 1.165) is 19.3 Å². The lowest BCUT2D eigenvalue weighted by Crippen LogP contribution is -2.12. The molecule has 0 aliphatic rings. The average Bonchev–Trinajstić information content (AvgIpc) is 2.50. The van der Waals surface area contributed by atoms with Gasteiger partial charge in [0, 0.05) is 10.6 Å². The highest BCUT2D eigenvalue weighted by atomic mass is 32.1. The molecule has 0 saturated heterocycles. The van der Waals surface area contributed by atoms with Crippen LogP contribution < -0.4 is 0 Å². The smallest absolute Gasteiger partial charge is 0.462 e. The van der Waals surface area contributed by atoms with Crippen molar-refractivity contribution < 1.29 is 14.1 Å². The fourth-order valence-electron chi connectivity index (χ4n) is 2.77. The van der Waals surface area contributed by atoms with E-state index in [1.54, 1.807) is 0 Å². The summed E-state index contributed by atoms with van der Waals surface area (Å²) in [6, 6.07) is 0. The van der Waals surface area contributed by atoms with E-state index in [1.165, 1.54) is 70.6 Å². The van der Waals surface area contributed by atoms with Crippen molar-refractivity contribution in [2.75, 3.05) is 0 Å². The van der Waals surface area contributed by atoms with Crippen molar-refractivity contribution >= 4 is 17.6 Å². The molecular formula is C18H35O3S+. The van der Waals surface area contributed by atoms with Crippen LogP contribution in [0.4, 0.5) is 0 Å². The molecule has 0 aromatic carbocycles. The number of carboxylic acids is 1. The van der Waals surface area contributed by atoms with E-state index in [9.17, 15) is 9.00 Å². The quantitative estimate of drug-likeness (QED) is 0.273. The molecule has 1 N–H and O–H groups in total. The van der Waals surface area contributed by atoms with Crippen molar-refractivity contribution in [1.82, 2.24) is 0 Å². The molecule has 0 heterocycles. The van der Waals surface area contributed by atoms with E-state index in [2.05, 4.69) is 6.92 Å². The Kier molecular flexibility index (Phi) is 16.5. The largest absolute Gasteiger partial charge is 0.481 e. The van der Waals surface area contributed by atoms with Crippen LogP contribution in [0.2, 0.25) is 0 Å². The predicted molar refractivity (Wildman–Crippen MR) is 94.4 cm³/mol. The summed E-state index contributed by atoms with van der Waals surface area (Å²) in [5.74, 6) is -0.858. The summed E-state index contributed by atoms with van der Waals surface area (Å²) in [5, 5.41) is 8.42. The summed E-state index contributed by atoms with van der Waals surface area (Å²) in [4.78, 5) is 10.6. The maximum atomic E-state index is 10.8. The molecule has 3 nitrogen and oxygen atoms in total. The lowest BCUT2D eigenvalue weighted by Gasteiger charge is -2.03. The van der Waals surface area contributed by atoms with Crippen molar-refractivity contribution in [3.63, 3.8) is 0 Å². The van der Waals surface area contributed by atoms with Crippen molar-refractivity contribution in [2.24, 2.45) is 0 Å². The third-order valence-corrected chi connectivity index (χ3v) is 4.84. The molecular weight excluding hydrogens is 296 g/mol. The van der Waals surface area contributed by atoms with Gasteiger partial charge in [0.2, 0.25) is 5.25 Å². The van der Waals surface area contributed by atoms with Crippen LogP contribution in [-0.4, -0.2) is 16.3 Å². The second kappa shape index (κ2) is 16.9. The van der Waals surface area contributed by atoms with E-state index in [-0.39, 0.29) is 11.7 Å². The molecule has 0 aliphatic heterocycles. The Balaban J connectivity index is 3.19. The van der Waals surface area contributed by atoms with Gasteiger partial charge >= 0.3 is 17.6 Å². The average molecular weight is 332 g/mol. The SMILES string of the molecule is CCCCCCCCCCCCCCCC(CC(=O)O)[S+]=O. The number of carbonyl (C=O) groups is 1. The molecule has 0 bridgehead atoms. The molecule has 0 fully saturated rings. The normalized spacial score (nSPS) is 12.2. The topological polar surface area (TPSA) is 54.4 Å². The van der Waals surface area contributed by atoms with Gasteiger partial charge < -0.3 is 5.11 Å². The zero-order valence-electron chi connectivity index (χ0n) is 14.4. The summed E-state index contributed by atoms with van der Waals surface area (Å²) in [6.45, 7) is 2.26. The van der Waals surface area contributed by atoms with Crippen LogP contribution in [0.5, 0.6) is 0 Å². The standard InChI is InChI=1S/C18H34O3S/c1-2-3-4-5-6-7-8-9-10-11-12-13-14-15-17(22-21)16-18(19)20/h17H,2-16H2,1H3/p+1. The van der Waals surface area contributed by atoms with E-state index in [4.69, 9.17) is 5.11 Å². The summed E-state index contributed by atoms with van der Waals surface area (Å²) in [7, 11) is 0. The van der Waals surface area contributed by atoms with Gasteiger partial charge in [0.15, 0.2) is 0 Å². The van der Waals surface area contributed by atoms with Crippen LogP contribution in [-0.2, 0) is 20.7 Å². The van der Waals surface area contributed by atoms with Crippen molar-refractivity contribution in [2.45, 2.75) is 108 Å². The molecule has 0 aromatic heterocycles. The van der Waals surface area contributed by atoms with Gasteiger partial charge in [-0.3, -0.25) is 4.79 Å². The number of aliphatic carboxylic acids is 1. The highest BCUT2D eigenvalue weighted by Gasteiger charge is 2.24. The molecule has 0 amide bonds. The van der Waals surface area contributed by atoms with Gasteiger partial charge in [-0.1, -0.05) is 84.0 Å². The lowest BCUT2D eigenvalue weighted by molar-refractivity contribution is -0.137. The zero-order chi connectivity index (χ0) is 16.5. The van der Waals surface area contributed by atoms with Crippen molar-refractivity contribution in [1.29, 1.82) is 0 Å². The minimum atomic E-state index is -0.858. The van der Waals surface area contributed by atoms with Crippen molar-refractivity contribution in [3.05, 3.63) is 0 Å². The maximum absolute atomic E-state index is 10.8. The van der Waals surface area contributed by atoms with Crippen LogP contribution in [0.15, 0.2) is 0 Å². The third-order valence-electron chi connectivity index (χ3n) is 4.17. The molecule has 0 aliphatic carbocycles. The molecule has 0 saturated carbocycles. The Morgan fingerprint density at radius 1 is 0.818 bits per heavy atom. The molecule has 1 unspecified atom stereocenters. The van der Waals surface area contributed by atoms with Gasteiger partial charge in [-0.2, -0.15) is 0 Å². The second-order valence-corrected chi connectivity index (χ2v) is 7.21. The highest BCUT2D eigenvalue weighted by molar-refractivity contribution is 7.66. The first-order chi connectivity index (χ1) is 10.7. The van der Waals surface area contributed by atoms with Gasteiger partial charge in [-0.15, -0.1) is 0 Å². The van der Waals surface area contributed by atoms with E-state index in [1.807, 2.05) is 0 Å². The molecule has 0 spiro atoms. The fourth-order valence-corrected chi connectivity index (χ4v) is 3.24. The van der Waals surface area contributed by atoms with E-state index < -0.39 is 5.97 Å². The number of hydrogen-bond donors (Lipinski definition) is 1. The summed E-state index contributed by atoms with van der Waals surface area (Å²) in [5.41, 5.74) is 0. The zero-order valence-corrected chi connectivity index (χ0v) is 15.2. The minimum absolute atomic E-state index is 0.00637. The van der Waals surface area contributed by atoms with Gasteiger partial charge in [0.05, 0.1) is 0 Å². The fraction of sp³-hybridized carbons (Fsp3) is 0.944. The highest BCUT2D eigenvalue weighted by Crippen LogP contribution is 2.14. The first kappa shape index (κ1) is 21.5. The first-order valence-corrected chi connectivity index (χ1v) is 10.0. The second-order valence-electron chi connectivity index (χ2n) is 6.35. The Morgan fingerprint density at radius 3 is 1.59 bits per heavy atom. The Hall–Kier alpha value is -0.510. The minimum Gasteiger partial charge on any atom is -0.481 e. The molecule has 22 heavy (non-hydrogen) atoms. The Morgan fingerprint density at radius 2 is 1.23 bits per heavy atom. The predicted octanol–water partition coefficient (Wildman–Crippen LogP) is 5.74. The number of rotatable bonds is 17. The van der Waals surface area contributed by atoms with Crippen LogP contribution in [0.3, 0.4) is 0 Å². The van der Waals surface area contributed by atoms with Gasteiger partial charge in [0.25, 0.3) is 0 Å². The molecule has 0 rings (SSSR count). The van der Waals surface area contributed by atoms with E-state index >= 15 is 0 Å². The summed E-state index contributed by atoms with van der Waals surface area (Å²) in [6.07, 6.45) is 17.7. The number of carboxylic acid groups (broad SMARTS) is 1. The number of unbranched alkanes of at least 4 members (excludes halogenated alkanes) is 12. The third kappa shape index (κ3) is 15.9. The Bertz CT molecular complexity index is 269. The molecule has 4 heteroatoms. The summed E-state index contributed by atoms with van der Waals surface area (Å²) < 4.78 is 10.8. The van der Waals surface area contributed by atoms with Gasteiger partial charge in [-0.05, 0) is 6.42 Å². The maximum Gasteiger partial charge on any atom is 0.462 e. The molecule has 0 radical (unpaired) electrons. The molecule has 0 aromatic rings. The first-order valence-electron chi connectivity index (χ1n) is 9.21. The van der Waals surface area contributed by atoms with Gasteiger partial charge in [0.1, 0.15) is 6.42 Å². The van der Waals surface area contributed by atoms with Crippen LogP contribution >= 0.6 is 0 Å². The van der Waals surface area contributed by atoms with Crippen LogP contribution in [0.1, 0.15) is 103 Å². The monoisotopic (exact) mass is 331 g/mol. The lowest BCUT2D eigenvalue weighted by atomic mass is 10.0.